The Balaban J connectivity index is 2.55. The first-order valence-electron chi connectivity index (χ1n) is 5.98. The number of nitrogens with two attached hydrogens (primary N) is 1. The summed E-state index contributed by atoms with van der Waals surface area (Å²) >= 11 is 7.08. The first kappa shape index (κ1) is 15.5. The van der Waals surface area contributed by atoms with Crippen molar-refractivity contribution in [3.8, 4) is 0 Å². The molecule has 2 rings (SSSR count). The summed E-state index contributed by atoms with van der Waals surface area (Å²) in [6, 6.07) is 2.65. The number of carboxylic acid groups (broad SMARTS) is 1. The highest BCUT2D eigenvalue weighted by Crippen LogP contribution is 2.37. The lowest BCUT2D eigenvalue weighted by atomic mass is 10.2. The van der Waals surface area contributed by atoms with Crippen molar-refractivity contribution in [3.63, 3.8) is 0 Å². The number of nitrogens with one attached hydrogen (secondary N) is 1. The largest absolute Gasteiger partial charge is 0.478 e. The summed E-state index contributed by atoms with van der Waals surface area (Å²) < 4.78 is 1.42. The third-order valence-electron chi connectivity index (χ3n) is 2.68. The van der Waals surface area contributed by atoms with Gasteiger partial charge in [-0.25, -0.2) is 14.7 Å². The Kier molecular flexibility index (Phi) is 4.29. The van der Waals surface area contributed by atoms with E-state index in [9.17, 15) is 14.7 Å². The quantitative estimate of drug-likeness (QED) is 0.741. The Bertz CT molecular complexity index is 753. The molecule has 0 bridgehead atoms. The molecule has 4 N–H and O–H groups in total. The SMILES string of the molecule is CC(C)n1c(Sc2c(Cl)cc(N)cc2C(=O)O)n[nH]c1=O. The van der Waals surface area contributed by atoms with Crippen LogP contribution in [0.2, 0.25) is 5.02 Å². The van der Waals surface area contributed by atoms with Gasteiger partial charge in [0, 0.05) is 16.6 Å². The second-order valence-electron chi connectivity index (χ2n) is 4.56. The van der Waals surface area contributed by atoms with Crippen LogP contribution >= 0.6 is 23.4 Å². The Morgan fingerprint density at radius 3 is 2.76 bits per heavy atom. The molecule has 7 nitrogen and oxygen atoms in total. The van der Waals surface area contributed by atoms with Gasteiger partial charge in [-0.1, -0.05) is 11.6 Å². The first-order chi connectivity index (χ1) is 9.81. The maximum Gasteiger partial charge on any atom is 0.344 e. The molecule has 21 heavy (non-hydrogen) atoms. The average Bonchev–Trinajstić information content (AvgIpc) is 2.73. The van der Waals surface area contributed by atoms with Crippen LogP contribution in [0.4, 0.5) is 5.69 Å². The maximum atomic E-state index is 11.7. The van der Waals surface area contributed by atoms with Crippen molar-refractivity contribution >= 4 is 35.0 Å². The van der Waals surface area contributed by atoms with Crippen LogP contribution in [0.3, 0.4) is 0 Å². The van der Waals surface area contributed by atoms with Gasteiger partial charge in [0.05, 0.1) is 10.6 Å². The molecule has 112 valence electrons. The number of benzene rings is 1. The molecule has 0 aliphatic heterocycles. The van der Waals surface area contributed by atoms with E-state index in [2.05, 4.69) is 10.2 Å². The number of anilines is 1. The lowest BCUT2D eigenvalue weighted by Gasteiger charge is -2.11. The van der Waals surface area contributed by atoms with Gasteiger partial charge in [0.15, 0.2) is 5.16 Å². The van der Waals surface area contributed by atoms with Crippen LogP contribution in [0.1, 0.15) is 30.2 Å². The minimum atomic E-state index is -1.15. The molecule has 1 heterocycles. The molecule has 0 aliphatic carbocycles. The van der Waals surface area contributed by atoms with Crippen LogP contribution in [0.5, 0.6) is 0 Å². The molecule has 0 saturated carbocycles. The number of aromatic carboxylic acids is 1. The van der Waals surface area contributed by atoms with Crippen molar-refractivity contribution in [2.24, 2.45) is 0 Å². The van der Waals surface area contributed by atoms with Gasteiger partial charge in [-0.3, -0.25) is 4.57 Å². The Morgan fingerprint density at radius 2 is 2.19 bits per heavy atom. The Hall–Kier alpha value is -1.93. The minimum absolute atomic E-state index is 0.0317. The lowest BCUT2D eigenvalue weighted by Crippen LogP contribution is -2.19. The van der Waals surface area contributed by atoms with Crippen LogP contribution in [-0.2, 0) is 0 Å². The maximum absolute atomic E-state index is 11.7. The van der Waals surface area contributed by atoms with E-state index in [1.807, 2.05) is 13.8 Å². The van der Waals surface area contributed by atoms with Crippen LogP contribution in [-0.4, -0.2) is 25.8 Å². The van der Waals surface area contributed by atoms with Crippen LogP contribution in [0.15, 0.2) is 27.0 Å². The van der Waals surface area contributed by atoms with E-state index in [1.165, 1.54) is 16.7 Å². The number of carboxylic acids is 1. The highest BCUT2D eigenvalue weighted by Gasteiger charge is 2.20. The van der Waals surface area contributed by atoms with Gasteiger partial charge in [-0.05, 0) is 37.7 Å². The molecule has 0 atom stereocenters. The first-order valence-corrected chi connectivity index (χ1v) is 7.17. The third-order valence-corrected chi connectivity index (χ3v) is 4.20. The Labute approximate surface area is 129 Å². The van der Waals surface area contributed by atoms with Crippen LogP contribution < -0.4 is 11.4 Å². The zero-order valence-corrected chi connectivity index (χ0v) is 12.8. The number of nitrogens with zero attached hydrogens (tertiary/aromatic N) is 2. The zero-order chi connectivity index (χ0) is 15.7. The number of halogens is 1. The molecule has 0 unspecified atom stereocenters. The van der Waals surface area contributed by atoms with Gasteiger partial charge in [0.25, 0.3) is 0 Å². The second-order valence-corrected chi connectivity index (χ2v) is 5.95. The summed E-state index contributed by atoms with van der Waals surface area (Å²) in [4.78, 5) is 23.3. The van der Waals surface area contributed by atoms with Crippen molar-refractivity contribution in [2.75, 3.05) is 5.73 Å². The topological polar surface area (TPSA) is 114 Å². The lowest BCUT2D eigenvalue weighted by molar-refractivity contribution is 0.0693. The van der Waals surface area contributed by atoms with Crippen molar-refractivity contribution in [1.82, 2.24) is 14.8 Å². The van der Waals surface area contributed by atoms with E-state index in [-0.39, 0.29) is 28.0 Å². The minimum Gasteiger partial charge on any atom is -0.478 e. The molecule has 1 aromatic carbocycles. The standard InChI is InChI=1S/C12H13ClN4O3S/c1-5(2)17-11(20)15-16-12(17)21-9-7(10(18)19)3-6(14)4-8(9)13/h3-5H,14H2,1-2H3,(H,15,20)(H,18,19). The van der Waals surface area contributed by atoms with Gasteiger partial charge in [-0.2, -0.15) is 0 Å². The Morgan fingerprint density at radius 1 is 1.52 bits per heavy atom. The summed E-state index contributed by atoms with van der Waals surface area (Å²) in [6.45, 7) is 3.65. The number of carbonyl (C=O) groups is 1. The number of rotatable bonds is 4. The van der Waals surface area contributed by atoms with E-state index in [0.717, 1.165) is 11.8 Å². The molecule has 2 aromatic rings. The fourth-order valence-electron chi connectivity index (χ4n) is 1.79. The van der Waals surface area contributed by atoms with E-state index >= 15 is 0 Å². The number of hydrogen-bond donors (Lipinski definition) is 3. The average molecular weight is 329 g/mol. The van der Waals surface area contributed by atoms with Gasteiger partial charge < -0.3 is 10.8 Å². The van der Waals surface area contributed by atoms with Gasteiger partial charge in [-0.15, -0.1) is 5.10 Å². The summed E-state index contributed by atoms with van der Waals surface area (Å²) in [5, 5.41) is 16.0. The van der Waals surface area contributed by atoms with Gasteiger partial charge in [0.1, 0.15) is 0 Å². The van der Waals surface area contributed by atoms with Crippen molar-refractivity contribution in [1.29, 1.82) is 0 Å². The normalized spacial score (nSPS) is 11.0. The smallest absolute Gasteiger partial charge is 0.344 e. The molecule has 1 aromatic heterocycles. The predicted molar refractivity (Wildman–Crippen MR) is 80.2 cm³/mol. The van der Waals surface area contributed by atoms with Crippen LogP contribution in [0.25, 0.3) is 0 Å². The van der Waals surface area contributed by atoms with E-state index in [1.54, 1.807) is 0 Å². The summed E-state index contributed by atoms with van der Waals surface area (Å²) in [6.07, 6.45) is 0. The molecular formula is C12H13ClN4O3S. The highest BCUT2D eigenvalue weighted by atomic mass is 35.5. The number of aromatic nitrogens is 3. The summed E-state index contributed by atoms with van der Waals surface area (Å²) in [5.74, 6) is -1.15. The number of hydrogen-bond acceptors (Lipinski definition) is 5. The number of nitrogen functional groups attached to an aromatic ring is 1. The van der Waals surface area contributed by atoms with Crippen molar-refractivity contribution in [2.45, 2.75) is 29.9 Å². The summed E-state index contributed by atoms with van der Waals surface area (Å²) in [7, 11) is 0. The van der Waals surface area contributed by atoms with Crippen molar-refractivity contribution in [3.05, 3.63) is 33.2 Å². The second kappa shape index (κ2) is 5.82. The predicted octanol–water partition coefficient (Wildman–Crippen LogP) is 2.24. The van der Waals surface area contributed by atoms with E-state index in [0.29, 0.717) is 10.1 Å². The van der Waals surface area contributed by atoms with Crippen molar-refractivity contribution < 1.29 is 9.90 Å². The highest BCUT2D eigenvalue weighted by molar-refractivity contribution is 7.99. The van der Waals surface area contributed by atoms with E-state index < -0.39 is 5.97 Å². The molecule has 0 spiro atoms. The fraction of sp³-hybridized carbons (Fsp3) is 0.250. The molecule has 0 fully saturated rings. The molecule has 0 radical (unpaired) electrons. The third kappa shape index (κ3) is 3.06. The summed E-state index contributed by atoms with van der Waals surface area (Å²) in [5.41, 5.74) is 5.47. The molecule has 0 aliphatic rings. The zero-order valence-electron chi connectivity index (χ0n) is 11.3. The van der Waals surface area contributed by atoms with Crippen LogP contribution in [0, 0.1) is 0 Å². The molecule has 0 saturated heterocycles. The van der Waals surface area contributed by atoms with E-state index in [4.69, 9.17) is 17.3 Å². The fourth-order valence-corrected chi connectivity index (χ4v) is 3.21. The van der Waals surface area contributed by atoms with Gasteiger partial charge in [0.2, 0.25) is 0 Å². The number of aromatic amines is 1. The monoisotopic (exact) mass is 328 g/mol. The molecular weight excluding hydrogens is 316 g/mol. The molecule has 0 amide bonds. The van der Waals surface area contributed by atoms with Gasteiger partial charge >= 0.3 is 11.7 Å². The molecule has 9 heteroatoms. The number of H-pyrrole nitrogens is 1.